The molecule has 0 aromatic rings. The molecule has 3 nitrogen and oxygen atoms in total. The monoisotopic (exact) mass is 228 g/mol. The van der Waals surface area contributed by atoms with E-state index in [1.165, 1.54) is 0 Å². The standard InChI is InChI=1S/C11H20N2OS/c1-10(2,3)6-7-13-9(14)11(4-5-11)8(12)15/h4-7H2,1-3H3,(H2,12,15)(H,13,14). The maximum absolute atomic E-state index is 11.8. The van der Waals surface area contributed by atoms with E-state index in [4.69, 9.17) is 18.0 Å². The lowest BCUT2D eigenvalue weighted by Crippen LogP contribution is -2.40. The number of hydrogen-bond acceptors (Lipinski definition) is 2. The van der Waals surface area contributed by atoms with Crippen molar-refractivity contribution in [3.8, 4) is 0 Å². The van der Waals surface area contributed by atoms with Crippen molar-refractivity contribution in [2.24, 2.45) is 16.6 Å². The van der Waals surface area contributed by atoms with Gasteiger partial charge in [-0.05, 0) is 24.7 Å². The summed E-state index contributed by atoms with van der Waals surface area (Å²) in [5.74, 6) is 0.0132. The minimum absolute atomic E-state index is 0.0132. The molecular formula is C11H20N2OS. The lowest BCUT2D eigenvalue weighted by atomic mass is 9.92. The van der Waals surface area contributed by atoms with Crippen molar-refractivity contribution in [2.45, 2.75) is 40.0 Å². The normalized spacial score (nSPS) is 18.3. The Balaban J connectivity index is 2.35. The predicted octanol–water partition coefficient (Wildman–Crippen LogP) is 1.61. The minimum atomic E-state index is -0.507. The summed E-state index contributed by atoms with van der Waals surface area (Å²) in [5.41, 5.74) is 5.30. The second-order valence-electron chi connectivity index (χ2n) is 5.51. The van der Waals surface area contributed by atoms with Gasteiger partial charge >= 0.3 is 0 Å². The number of hydrogen-bond donors (Lipinski definition) is 2. The first-order valence-electron chi connectivity index (χ1n) is 5.36. The number of thiocarbonyl (C=S) groups is 1. The molecule has 0 heterocycles. The summed E-state index contributed by atoms with van der Waals surface area (Å²) < 4.78 is 0. The Morgan fingerprint density at radius 3 is 2.33 bits per heavy atom. The molecule has 0 spiro atoms. The van der Waals surface area contributed by atoms with Crippen LogP contribution in [0.2, 0.25) is 0 Å². The maximum Gasteiger partial charge on any atom is 0.233 e. The van der Waals surface area contributed by atoms with Gasteiger partial charge in [0.25, 0.3) is 0 Å². The van der Waals surface area contributed by atoms with Crippen LogP contribution in [-0.4, -0.2) is 17.4 Å². The molecule has 0 unspecified atom stereocenters. The first kappa shape index (κ1) is 12.4. The van der Waals surface area contributed by atoms with Crippen LogP contribution in [0.15, 0.2) is 0 Å². The van der Waals surface area contributed by atoms with Gasteiger partial charge in [-0.2, -0.15) is 0 Å². The van der Waals surface area contributed by atoms with Crippen molar-refractivity contribution in [2.75, 3.05) is 6.54 Å². The van der Waals surface area contributed by atoms with E-state index in [0.29, 0.717) is 11.5 Å². The van der Waals surface area contributed by atoms with E-state index < -0.39 is 5.41 Å². The number of rotatable bonds is 4. The molecule has 3 N–H and O–H groups in total. The van der Waals surface area contributed by atoms with Gasteiger partial charge in [-0.1, -0.05) is 33.0 Å². The summed E-state index contributed by atoms with van der Waals surface area (Å²) in [7, 11) is 0. The van der Waals surface area contributed by atoms with Gasteiger partial charge < -0.3 is 11.1 Å². The first-order chi connectivity index (χ1) is 6.78. The summed E-state index contributed by atoms with van der Waals surface area (Å²) in [6.07, 6.45) is 2.58. The van der Waals surface area contributed by atoms with E-state index in [1.54, 1.807) is 0 Å². The zero-order valence-electron chi connectivity index (χ0n) is 9.72. The zero-order valence-corrected chi connectivity index (χ0v) is 10.5. The third kappa shape index (κ3) is 3.16. The molecule has 0 bridgehead atoms. The van der Waals surface area contributed by atoms with Crippen molar-refractivity contribution in [1.82, 2.24) is 5.32 Å². The van der Waals surface area contributed by atoms with Crippen LogP contribution in [0.5, 0.6) is 0 Å². The summed E-state index contributed by atoms with van der Waals surface area (Å²) >= 11 is 4.91. The molecule has 0 radical (unpaired) electrons. The molecule has 1 fully saturated rings. The Bertz CT molecular complexity index is 277. The number of carbonyl (C=O) groups excluding carboxylic acids is 1. The van der Waals surface area contributed by atoms with Crippen molar-refractivity contribution in [3.63, 3.8) is 0 Å². The highest BCUT2D eigenvalue weighted by molar-refractivity contribution is 7.80. The average molecular weight is 228 g/mol. The van der Waals surface area contributed by atoms with Crippen LogP contribution in [0.25, 0.3) is 0 Å². The molecule has 0 aliphatic heterocycles. The van der Waals surface area contributed by atoms with Crippen LogP contribution in [0.4, 0.5) is 0 Å². The lowest BCUT2D eigenvalue weighted by Gasteiger charge is -2.19. The Morgan fingerprint density at radius 2 is 2.00 bits per heavy atom. The molecule has 1 amide bonds. The van der Waals surface area contributed by atoms with Crippen LogP contribution in [0, 0.1) is 10.8 Å². The smallest absolute Gasteiger partial charge is 0.233 e. The van der Waals surface area contributed by atoms with Gasteiger partial charge in [0, 0.05) is 6.54 Å². The Labute approximate surface area is 96.8 Å². The fraction of sp³-hybridized carbons (Fsp3) is 0.818. The summed E-state index contributed by atoms with van der Waals surface area (Å²) in [6.45, 7) is 7.16. The summed E-state index contributed by atoms with van der Waals surface area (Å²) in [5, 5.41) is 2.92. The third-order valence-corrected chi connectivity index (χ3v) is 3.21. The van der Waals surface area contributed by atoms with Gasteiger partial charge in [0.15, 0.2) is 0 Å². The molecule has 0 atom stereocenters. The summed E-state index contributed by atoms with van der Waals surface area (Å²) in [4.78, 5) is 12.1. The van der Waals surface area contributed by atoms with E-state index in [0.717, 1.165) is 19.3 Å². The van der Waals surface area contributed by atoms with E-state index in [2.05, 4.69) is 26.1 Å². The fourth-order valence-corrected chi connectivity index (χ4v) is 1.73. The number of amides is 1. The second-order valence-corrected chi connectivity index (χ2v) is 5.95. The van der Waals surface area contributed by atoms with E-state index in [-0.39, 0.29) is 11.3 Å². The average Bonchev–Trinajstić information content (AvgIpc) is 2.80. The number of nitrogens with two attached hydrogens (primary N) is 1. The van der Waals surface area contributed by atoms with Crippen molar-refractivity contribution in [3.05, 3.63) is 0 Å². The van der Waals surface area contributed by atoms with Gasteiger partial charge in [0.1, 0.15) is 0 Å². The fourth-order valence-electron chi connectivity index (χ4n) is 1.43. The molecule has 1 aliphatic carbocycles. The van der Waals surface area contributed by atoms with Crippen LogP contribution >= 0.6 is 12.2 Å². The number of carbonyl (C=O) groups is 1. The minimum Gasteiger partial charge on any atom is -0.392 e. The molecule has 1 saturated carbocycles. The van der Waals surface area contributed by atoms with Crippen LogP contribution < -0.4 is 11.1 Å². The van der Waals surface area contributed by atoms with Crippen molar-refractivity contribution >= 4 is 23.1 Å². The molecule has 0 aromatic heterocycles. The third-order valence-electron chi connectivity index (χ3n) is 2.82. The Kier molecular flexibility index (Phi) is 3.38. The highest BCUT2D eigenvalue weighted by Crippen LogP contribution is 2.46. The zero-order chi connectivity index (χ0) is 11.7. The SMILES string of the molecule is CC(C)(C)CCNC(=O)C1(C(N)=S)CC1. The van der Waals surface area contributed by atoms with Crippen LogP contribution in [-0.2, 0) is 4.79 Å². The molecule has 15 heavy (non-hydrogen) atoms. The van der Waals surface area contributed by atoms with Crippen molar-refractivity contribution < 1.29 is 4.79 Å². The summed E-state index contributed by atoms with van der Waals surface area (Å²) in [6, 6.07) is 0. The molecular weight excluding hydrogens is 208 g/mol. The molecule has 0 aromatic carbocycles. The molecule has 1 rings (SSSR count). The second kappa shape index (κ2) is 4.08. The van der Waals surface area contributed by atoms with E-state index >= 15 is 0 Å². The molecule has 1 aliphatic rings. The highest BCUT2D eigenvalue weighted by atomic mass is 32.1. The largest absolute Gasteiger partial charge is 0.392 e. The van der Waals surface area contributed by atoms with Gasteiger partial charge in [-0.3, -0.25) is 4.79 Å². The van der Waals surface area contributed by atoms with Gasteiger partial charge in [0.05, 0.1) is 10.4 Å². The van der Waals surface area contributed by atoms with Crippen molar-refractivity contribution in [1.29, 1.82) is 0 Å². The predicted molar refractivity (Wildman–Crippen MR) is 65.5 cm³/mol. The first-order valence-corrected chi connectivity index (χ1v) is 5.77. The van der Waals surface area contributed by atoms with Crippen LogP contribution in [0.1, 0.15) is 40.0 Å². The highest BCUT2D eigenvalue weighted by Gasteiger charge is 2.52. The molecule has 4 heteroatoms. The maximum atomic E-state index is 11.8. The quantitative estimate of drug-likeness (QED) is 0.719. The Hall–Kier alpha value is -0.640. The lowest BCUT2D eigenvalue weighted by molar-refractivity contribution is -0.124. The molecule has 0 saturated heterocycles. The Morgan fingerprint density at radius 1 is 1.47 bits per heavy atom. The molecule has 86 valence electrons. The van der Waals surface area contributed by atoms with Gasteiger partial charge in [0.2, 0.25) is 5.91 Å². The van der Waals surface area contributed by atoms with E-state index in [9.17, 15) is 4.79 Å². The van der Waals surface area contributed by atoms with E-state index in [1.807, 2.05) is 0 Å². The topological polar surface area (TPSA) is 55.1 Å². The van der Waals surface area contributed by atoms with Gasteiger partial charge in [-0.15, -0.1) is 0 Å². The van der Waals surface area contributed by atoms with Crippen LogP contribution in [0.3, 0.4) is 0 Å². The number of nitrogens with one attached hydrogen (secondary N) is 1. The van der Waals surface area contributed by atoms with Gasteiger partial charge in [-0.25, -0.2) is 0 Å².